The Bertz CT molecular complexity index is 1890. The topological polar surface area (TPSA) is 118 Å². The average molecular weight is 614 g/mol. The molecule has 6 rings (SSSR count). The molecule has 1 aliphatic heterocycles. The lowest BCUT2D eigenvalue weighted by molar-refractivity contribution is -0.132. The number of hydrogen-bond donors (Lipinski definition) is 2. The van der Waals surface area contributed by atoms with Gasteiger partial charge in [0, 0.05) is 36.1 Å². The number of fused-ring (bicyclic) bond motifs is 5. The highest BCUT2D eigenvalue weighted by Gasteiger charge is 2.31. The van der Waals surface area contributed by atoms with Crippen molar-refractivity contribution in [2.75, 3.05) is 14.1 Å². The second-order valence-corrected chi connectivity index (χ2v) is 13.5. The molecule has 0 radical (unpaired) electrons. The number of carbonyl (C=O) groups excluding carboxylic acids is 1. The smallest absolute Gasteiger partial charge is 0.333 e. The Kier molecular flexibility index (Phi) is 8.04. The maximum Gasteiger partial charge on any atom is 0.333 e. The molecule has 2 heterocycles. The Morgan fingerprint density at radius 1 is 1.00 bits per heavy atom. The molecule has 0 bridgehead atoms. The predicted molar refractivity (Wildman–Crippen MR) is 170 cm³/mol. The van der Waals surface area contributed by atoms with Crippen molar-refractivity contribution in [1.82, 2.24) is 13.6 Å². The minimum absolute atomic E-state index is 0.0871. The number of aromatic nitrogens is 1. The SMILES string of the molecule is CN(C)S(=O)(=O)NC(=O)c1ccc2c(C3CCCCC3)c3n(c2c1)CC(C(=O)O)=Cc1cc(OCc2ccccc2)ccc1-3. The van der Waals surface area contributed by atoms with Crippen LogP contribution in [0.4, 0.5) is 0 Å². The van der Waals surface area contributed by atoms with Crippen molar-refractivity contribution in [3.05, 3.63) is 94.6 Å². The van der Waals surface area contributed by atoms with Crippen LogP contribution in [0.15, 0.2) is 72.3 Å². The molecule has 0 unspecified atom stereocenters. The highest BCUT2D eigenvalue weighted by molar-refractivity contribution is 7.87. The lowest BCUT2D eigenvalue weighted by Gasteiger charge is -2.24. The number of carbonyl (C=O) groups is 2. The van der Waals surface area contributed by atoms with Crippen LogP contribution in [0.3, 0.4) is 0 Å². The molecule has 2 N–H and O–H groups in total. The van der Waals surface area contributed by atoms with E-state index in [-0.39, 0.29) is 23.6 Å². The quantitative estimate of drug-likeness (QED) is 0.254. The molecule has 4 aromatic rings. The first-order valence-electron chi connectivity index (χ1n) is 14.8. The summed E-state index contributed by atoms with van der Waals surface area (Å²) in [6, 6.07) is 20.8. The van der Waals surface area contributed by atoms with E-state index in [1.54, 1.807) is 18.2 Å². The zero-order chi connectivity index (χ0) is 31.0. The van der Waals surface area contributed by atoms with Crippen LogP contribution < -0.4 is 9.46 Å². The second kappa shape index (κ2) is 11.9. The number of carboxylic acids is 1. The van der Waals surface area contributed by atoms with Crippen LogP contribution in [-0.4, -0.2) is 48.4 Å². The fourth-order valence-corrected chi connectivity index (χ4v) is 6.82. The number of amides is 1. The summed E-state index contributed by atoms with van der Waals surface area (Å²) in [4.78, 5) is 25.6. The van der Waals surface area contributed by atoms with Crippen LogP contribution in [0, 0.1) is 0 Å². The molecule has 0 atom stereocenters. The molecule has 228 valence electrons. The van der Waals surface area contributed by atoms with E-state index in [0.717, 1.165) is 63.3 Å². The predicted octanol–water partition coefficient (Wildman–Crippen LogP) is 5.95. The number of benzene rings is 3. The average Bonchev–Trinajstić information content (AvgIpc) is 3.22. The Hall–Kier alpha value is -4.41. The molecule has 9 nitrogen and oxygen atoms in total. The van der Waals surface area contributed by atoms with Crippen LogP contribution in [0.2, 0.25) is 0 Å². The van der Waals surface area contributed by atoms with E-state index in [0.29, 0.717) is 17.9 Å². The van der Waals surface area contributed by atoms with Crippen LogP contribution in [0.1, 0.15) is 65.1 Å². The second-order valence-electron chi connectivity index (χ2n) is 11.6. The Morgan fingerprint density at radius 2 is 1.75 bits per heavy atom. The first-order chi connectivity index (χ1) is 21.1. The summed E-state index contributed by atoms with van der Waals surface area (Å²) in [5.74, 6) is -0.881. The molecule has 10 heteroatoms. The van der Waals surface area contributed by atoms with E-state index in [9.17, 15) is 23.1 Å². The van der Waals surface area contributed by atoms with Crippen LogP contribution in [0.5, 0.6) is 5.75 Å². The Balaban J connectivity index is 1.51. The summed E-state index contributed by atoms with van der Waals surface area (Å²) in [5, 5.41) is 11.2. The summed E-state index contributed by atoms with van der Waals surface area (Å²) in [5.41, 5.74) is 5.82. The lowest BCUT2D eigenvalue weighted by atomic mass is 9.81. The molecular formula is C34H35N3O6S. The number of ether oxygens (including phenoxy) is 1. The number of hydrogen-bond acceptors (Lipinski definition) is 5. The highest BCUT2D eigenvalue weighted by atomic mass is 32.2. The van der Waals surface area contributed by atoms with Crippen molar-refractivity contribution in [3.8, 4) is 17.0 Å². The Morgan fingerprint density at radius 3 is 2.45 bits per heavy atom. The van der Waals surface area contributed by atoms with Gasteiger partial charge in [-0.3, -0.25) is 4.79 Å². The monoisotopic (exact) mass is 613 g/mol. The lowest BCUT2D eigenvalue weighted by Crippen LogP contribution is -2.39. The van der Waals surface area contributed by atoms with Gasteiger partial charge in [0.05, 0.1) is 17.8 Å². The van der Waals surface area contributed by atoms with Gasteiger partial charge in [-0.25, -0.2) is 9.52 Å². The first-order valence-corrected chi connectivity index (χ1v) is 16.2. The zero-order valence-electron chi connectivity index (χ0n) is 24.7. The fourth-order valence-electron chi connectivity index (χ4n) is 6.28. The largest absolute Gasteiger partial charge is 0.489 e. The molecule has 1 saturated carbocycles. The van der Waals surface area contributed by atoms with Crippen molar-refractivity contribution < 1.29 is 27.9 Å². The summed E-state index contributed by atoms with van der Waals surface area (Å²) in [6.45, 7) is 0.473. The van der Waals surface area contributed by atoms with E-state index >= 15 is 0 Å². The molecule has 1 aliphatic carbocycles. The number of aliphatic carboxylic acids is 1. The van der Waals surface area contributed by atoms with Crippen LogP contribution >= 0.6 is 0 Å². The molecule has 0 saturated heterocycles. The number of rotatable bonds is 8. The van der Waals surface area contributed by atoms with E-state index in [1.165, 1.54) is 20.5 Å². The van der Waals surface area contributed by atoms with Gasteiger partial charge in [0.1, 0.15) is 12.4 Å². The normalized spacial score (nSPS) is 15.3. The minimum Gasteiger partial charge on any atom is -0.489 e. The van der Waals surface area contributed by atoms with E-state index in [4.69, 9.17) is 4.74 Å². The summed E-state index contributed by atoms with van der Waals surface area (Å²) in [7, 11) is -1.30. The van der Waals surface area contributed by atoms with Crippen molar-refractivity contribution in [2.45, 2.75) is 51.2 Å². The number of nitrogens with zero attached hydrogens (tertiary/aromatic N) is 2. The molecule has 44 heavy (non-hydrogen) atoms. The molecule has 1 fully saturated rings. The third kappa shape index (κ3) is 5.75. The minimum atomic E-state index is -3.99. The standard InChI is InChI=1S/C34H35N3O6S/c1-36(2)44(41,42)35-33(38)24-13-15-29-30(19-24)37-20-26(34(39)40)17-25-18-27(43-21-22-9-5-3-6-10-22)14-16-28(25)32(37)31(29)23-11-7-4-8-12-23/h3,5-6,9-10,13-19,23H,4,7-8,11-12,20-21H2,1-2H3,(H,35,38)(H,39,40). The molecule has 1 amide bonds. The van der Waals surface area contributed by atoms with Crippen LogP contribution in [0.25, 0.3) is 28.2 Å². The van der Waals surface area contributed by atoms with Gasteiger partial charge in [-0.1, -0.05) is 55.7 Å². The van der Waals surface area contributed by atoms with E-state index in [2.05, 4.69) is 4.72 Å². The molecule has 1 aromatic heterocycles. The molecule has 3 aromatic carbocycles. The van der Waals surface area contributed by atoms with Crippen LogP contribution in [-0.2, 0) is 28.2 Å². The summed E-state index contributed by atoms with van der Waals surface area (Å²) >= 11 is 0. The number of carboxylic acid groups (broad SMARTS) is 1. The third-order valence-electron chi connectivity index (χ3n) is 8.54. The van der Waals surface area contributed by atoms with Gasteiger partial charge in [0.2, 0.25) is 0 Å². The maximum absolute atomic E-state index is 13.1. The van der Waals surface area contributed by atoms with Gasteiger partial charge in [-0.05, 0) is 71.9 Å². The number of nitrogens with one attached hydrogen (secondary N) is 1. The molecule has 0 spiro atoms. The zero-order valence-corrected chi connectivity index (χ0v) is 25.6. The Labute approximate surface area is 256 Å². The summed E-state index contributed by atoms with van der Waals surface area (Å²) < 4.78 is 35.9. The van der Waals surface area contributed by atoms with Crippen molar-refractivity contribution in [3.63, 3.8) is 0 Å². The van der Waals surface area contributed by atoms with Crippen molar-refractivity contribution in [2.24, 2.45) is 0 Å². The van der Waals surface area contributed by atoms with Gasteiger partial charge >= 0.3 is 16.2 Å². The molecular weight excluding hydrogens is 578 g/mol. The van der Waals surface area contributed by atoms with Gasteiger partial charge in [-0.15, -0.1) is 0 Å². The highest BCUT2D eigenvalue weighted by Crippen LogP contribution is 2.47. The van der Waals surface area contributed by atoms with Crippen molar-refractivity contribution >= 4 is 39.1 Å². The van der Waals surface area contributed by atoms with Gasteiger partial charge < -0.3 is 14.4 Å². The first kappa shape index (κ1) is 29.7. The van der Waals surface area contributed by atoms with Crippen molar-refractivity contribution in [1.29, 1.82) is 0 Å². The van der Waals surface area contributed by atoms with Gasteiger partial charge in [0.25, 0.3) is 5.91 Å². The summed E-state index contributed by atoms with van der Waals surface area (Å²) in [6.07, 6.45) is 7.13. The maximum atomic E-state index is 13.1. The van der Waals surface area contributed by atoms with Gasteiger partial charge in [-0.2, -0.15) is 12.7 Å². The fraction of sp³-hybridized carbons (Fsp3) is 0.294. The van der Waals surface area contributed by atoms with Gasteiger partial charge in [0.15, 0.2) is 0 Å². The van der Waals surface area contributed by atoms with E-state index < -0.39 is 22.1 Å². The molecule has 2 aliphatic rings. The third-order valence-corrected chi connectivity index (χ3v) is 9.95. The van der Waals surface area contributed by atoms with E-state index in [1.807, 2.05) is 59.2 Å².